The average Bonchev–Trinajstić information content (AvgIpc) is 2.68. The number of nitrogens with zero attached hydrogens (tertiary/aromatic N) is 1. The summed E-state index contributed by atoms with van der Waals surface area (Å²) in [4.78, 5) is 27.1. The second-order valence-corrected chi connectivity index (χ2v) is 4.08. The van der Waals surface area contributed by atoms with Gasteiger partial charge in [-0.15, -0.1) is 0 Å². The maximum Gasteiger partial charge on any atom is 0.314 e. The topological polar surface area (TPSA) is 80.4 Å². The minimum Gasteiger partial charge on any atom is -0.481 e. The maximum absolute atomic E-state index is 12.0. The fraction of sp³-hybridized carbons (Fsp3) is 0.308. The van der Waals surface area contributed by atoms with Crippen LogP contribution in [0.1, 0.15) is 29.6 Å². The summed E-state index contributed by atoms with van der Waals surface area (Å²) < 4.78 is 5.32. The van der Waals surface area contributed by atoms with Crippen LogP contribution in [0.15, 0.2) is 22.6 Å². The van der Waals surface area contributed by atoms with Gasteiger partial charge < -0.3 is 9.52 Å². The average molecular weight is 247 g/mol. The minimum absolute atomic E-state index is 0.266. The van der Waals surface area contributed by atoms with Crippen LogP contribution in [0.4, 0.5) is 0 Å². The molecule has 2 aromatic rings. The summed E-state index contributed by atoms with van der Waals surface area (Å²) in [6, 6.07) is 4.79. The van der Waals surface area contributed by atoms with Gasteiger partial charge in [-0.1, -0.05) is 6.92 Å². The van der Waals surface area contributed by atoms with Crippen molar-refractivity contribution < 1.29 is 19.1 Å². The molecule has 0 aliphatic rings. The number of ketones is 1. The maximum atomic E-state index is 12.0. The molecule has 18 heavy (non-hydrogen) atoms. The monoisotopic (exact) mass is 247 g/mol. The summed E-state index contributed by atoms with van der Waals surface area (Å²) >= 11 is 0. The van der Waals surface area contributed by atoms with Gasteiger partial charge in [-0.2, -0.15) is 0 Å². The Balaban J connectivity index is 2.41. The summed E-state index contributed by atoms with van der Waals surface area (Å²) in [7, 11) is 0. The number of fused-ring (bicyclic) bond motifs is 1. The Morgan fingerprint density at radius 1 is 1.44 bits per heavy atom. The molecule has 0 radical (unpaired) electrons. The van der Waals surface area contributed by atoms with E-state index in [1.165, 1.54) is 0 Å². The number of oxazole rings is 1. The zero-order valence-corrected chi connectivity index (χ0v) is 10.1. The van der Waals surface area contributed by atoms with E-state index in [-0.39, 0.29) is 6.42 Å². The highest BCUT2D eigenvalue weighted by Gasteiger charge is 2.25. The van der Waals surface area contributed by atoms with Crippen molar-refractivity contribution in [2.75, 3.05) is 0 Å². The molecule has 5 nitrogen and oxygen atoms in total. The van der Waals surface area contributed by atoms with Gasteiger partial charge >= 0.3 is 5.97 Å². The van der Waals surface area contributed by atoms with Crippen LogP contribution in [0.2, 0.25) is 0 Å². The molecular weight excluding hydrogens is 234 g/mol. The lowest BCUT2D eigenvalue weighted by atomic mass is 9.95. The van der Waals surface area contributed by atoms with Gasteiger partial charge in [0.05, 0.1) is 0 Å². The van der Waals surface area contributed by atoms with E-state index in [1.807, 2.05) is 0 Å². The standard InChI is InChI=1S/C13H13NO4/c1-3-9(13(16)17)12(15)8-4-5-10-11(6-8)18-7(2)14-10/h4-6,9H,3H2,1-2H3,(H,16,17). The molecule has 0 aliphatic heterocycles. The van der Waals surface area contributed by atoms with Crippen LogP contribution in [-0.4, -0.2) is 21.8 Å². The number of carbonyl (C=O) groups excluding carboxylic acids is 1. The van der Waals surface area contributed by atoms with Crippen LogP contribution in [0.25, 0.3) is 11.1 Å². The normalized spacial score (nSPS) is 12.6. The second kappa shape index (κ2) is 4.60. The first kappa shape index (κ1) is 12.3. The Labute approximate surface area is 103 Å². The lowest BCUT2D eigenvalue weighted by molar-refractivity contribution is -0.140. The van der Waals surface area contributed by atoms with Gasteiger partial charge in [-0.25, -0.2) is 4.98 Å². The van der Waals surface area contributed by atoms with E-state index >= 15 is 0 Å². The molecule has 0 fully saturated rings. The van der Waals surface area contributed by atoms with Crippen LogP contribution in [0.5, 0.6) is 0 Å². The summed E-state index contributed by atoms with van der Waals surface area (Å²) in [5, 5.41) is 8.97. The fourth-order valence-corrected chi connectivity index (χ4v) is 1.87. The third kappa shape index (κ3) is 2.11. The summed E-state index contributed by atoms with van der Waals surface area (Å²) in [5.74, 6) is -2.00. The number of Topliss-reactive ketones (excluding diaryl/α,β-unsaturated/α-hetero) is 1. The molecule has 0 amide bonds. The molecule has 1 unspecified atom stereocenters. The van der Waals surface area contributed by atoms with Gasteiger partial charge in [0.1, 0.15) is 11.4 Å². The van der Waals surface area contributed by atoms with Crippen LogP contribution in [-0.2, 0) is 4.79 Å². The number of carbonyl (C=O) groups is 2. The second-order valence-electron chi connectivity index (χ2n) is 4.08. The molecule has 94 valence electrons. The molecule has 0 saturated heterocycles. The van der Waals surface area contributed by atoms with E-state index in [9.17, 15) is 9.59 Å². The van der Waals surface area contributed by atoms with Crippen LogP contribution >= 0.6 is 0 Å². The molecule has 0 spiro atoms. The number of carboxylic acid groups (broad SMARTS) is 1. The number of rotatable bonds is 4. The first-order chi connectivity index (χ1) is 8.52. The third-order valence-corrected chi connectivity index (χ3v) is 2.80. The molecule has 0 bridgehead atoms. The van der Waals surface area contributed by atoms with Gasteiger partial charge in [-0.3, -0.25) is 9.59 Å². The number of benzene rings is 1. The van der Waals surface area contributed by atoms with Crippen LogP contribution < -0.4 is 0 Å². The van der Waals surface area contributed by atoms with E-state index in [0.717, 1.165) is 0 Å². The minimum atomic E-state index is -1.10. The fourth-order valence-electron chi connectivity index (χ4n) is 1.87. The molecule has 0 saturated carbocycles. The molecule has 1 atom stereocenters. The molecule has 0 aliphatic carbocycles. The Hall–Kier alpha value is -2.17. The highest BCUT2D eigenvalue weighted by atomic mass is 16.4. The van der Waals surface area contributed by atoms with E-state index in [0.29, 0.717) is 22.6 Å². The lowest BCUT2D eigenvalue weighted by Crippen LogP contribution is -2.23. The smallest absolute Gasteiger partial charge is 0.314 e. The van der Waals surface area contributed by atoms with Gasteiger partial charge in [0, 0.05) is 12.5 Å². The molecule has 5 heteroatoms. The predicted molar refractivity (Wildman–Crippen MR) is 64.5 cm³/mol. The molecule has 1 heterocycles. The van der Waals surface area contributed by atoms with Crippen molar-refractivity contribution in [2.24, 2.45) is 5.92 Å². The number of aliphatic carboxylic acids is 1. The molecule has 1 aromatic heterocycles. The quantitative estimate of drug-likeness (QED) is 0.663. The van der Waals surface area contributed by atoms with Crippen molar-refractivity contribution in [3.8, 4) is 0 Å². The van der Waals surface area contributed by atoms with Crippen LogP contribution in [0.3, 0.4) is 0 Å². The number of carboxylic acids is 1. The van der Waals surface area contributed by atoms with Gasteiger partial charge in [0.2, 0.25) is 0 Å². The van der Waals surface area contributed by atoms with Gasteiger partial charge in [0.25, 0.3) is 0 Å². The van der Waals surface area contributed by atoms with E-state index in [4.69, 9.17) is 9.52 Å². The number of hydrogen-bond acceptors (Lipinski definition) is 4. The van der Waals surface area contributed by atoms with Crippen molar-refractivity contribution in [1.29, 1.82) is 0 Å². The highest BCUT2D eigenvalue weighted by molar-refractivity contribution is 6.09. The molecule has 1 aromatic carbocycles. The van der Waals surface area contributed by atoms with Gasteiger partial charge in [0.15, 0.2) is 17.3 Å². The Morgan fingerprint density at radius 2 is 2.17 bits per heavy atom. The van der Waals surface area contributed by atoms with Crippen molar-refractivity contribution in [3.63, 3.8) is 0 Å². The van der Waals surface area contributed by atoms with Crippen LogP contribution in [0, 0.1) is 12.8 Å². The van der Waals surface area contributed by atoms with Crippen molar-refractivity contribution >= 4 is 22.9 Å². The molecule has 2 rings (SSSR count). The molecular formula is C13H13NO4. The highest BCUT2D eigenvalue weighted by Crippen LogP contribution is 2.20. The Bertz CT molecular complexity index is 614. The SMILES string of the molecule is CCC(C(=O)O)C(=O)c1ccc2nc(C)oc2c1. The van der Waals surface area contributed by atoms with Crippen molar-refractivity contribution in [3.05, 3.63) is 29.7 Å². The first-order valence-electron chi connectivity index (χ1n) is 5.67. The largest absolute Gasteiger partial charge is 0.481 e. The van der Waals surface area contributed by atoms with Crippen molar-refractivity contribution in [1.82, 2.24) is 4.98 Å². The first-order valence-corrected chi connectivity index (χ1v) is 5.67. The van der Waals surface area contributed by atoms with E-state index < -0.39 is 17.7 Å². The predicted octanol–water partition coefficient (Wildman–Crippen LogP) is 2.43. The van der Waals surface area contributed by atoms with Crippen molar-refractivity contribution in [2.45, 2.75) is 20.3 Å². The summed E-state index contributed by atoms with van der Waals surface area (Å²) in [6.45, 7) is 3.39. The number of aryl methyl sites for hydroxylation is 1. The zero-order chi connectivity index (χ0) is 13.3. The number of aromatic nitrogens is 1. The summed E-state index contributed by atoms with van der Waals surface area (Å²) in [5.41, 5.74) is 1.50. The Kier molecular flexibility index (Phi) is 3.14. The Morgan fingerprint density at radius 3 is 2.78 bits per heavy atom. The third-order valence-electron chi connectivity index (χ3n) is 2.80. The lowest BCUT2D eigenvalue weighted by Gasteiger charge is -2.07. The zero-order valence-electron chi connectivity index (χ0n) is 10.1. The van der Waals surface area contributed by atoms with E-state index in [2.05, 4.69) is 4.98 Å². The van der Waals surface area contributed by atoms with E-state index in [1.54, 1.807) is 32.0 Å². The summed E-state index contributed by atoms with van der Waals surface area (Å²) in [6.07, 6.45) is 0.266. The van der Waals surface area contributed by atoms with Gasteiger partial charge in [-0.05, 0) is 24.6 Å². The number of hydrogen-bond donors (Lipinski definition) is 1. The molecule has 1 N–H and O–H groups in total.